The minimum absolute atomic E-state index is 0. The topological polar surface area (TPSA) is 96.6 Å². The predicted molar refractivity (Wildman–Crippen MR) is 182 cm³/mol. The summed E-state index contributed by atoms with van der Waals surface area (Å²) in [4.78, 5) is 20.0. The van der Waals surface area contributed by atoms with E-state index in [0.717, 1.165) is 0 Å². The van der Waals surface area contributed by atoms with Gasteiger partial charge < -0.3 is 73.8 Å². The van der Waals surface area contributed by atoms with Gasteiger partial charge in [-0.15, -0.1) is 0 Å². The van der Waals surface area contributed by atoms with E-state index in [0.29, 0.717) is 6.04 Å². The third kappa shape index (κ3) is 218. The number of nitrogens with zero attached hydrogens (tertiary/aromatic N) is 1. The maximum Gasteiger partial charge on any atom is 1.00 e. The van der Waals surface area contributed by atoms with E-state index in [9.17, 15) is 9.59 Å². The predicted octanol–water partition coefficient (Wildman–Crippen LogP) is -5.21. The van der Waals surface area contributed by atoms with Gasteiger partial charge in [0.1, 0.15) is 0 Å². The van der Waals surface area contributed by atoms with Crippen LogP contribution in [0.25, 0.3) is 0 Å². The number of halogens is 2. The maximum atomic E-state index is 10.6. The van der Waals surface area contributed by atoms with Gasteiger partial charge in [0.25, 0.3) is 5.91 Å². The van der Waals surface area contributed by atoms with Gasteiger partial charge >= 0.3 is 118 Å². The van der Waals surface area contributed by atoms with E-state index in [-0.39, 0.29) is 185 Å². The molecular weight excluding hydrogens is 617 g/mol. The average molecular weight is 679 g/mol. The van der Waals surface area contributed by atoms with E-state index in [1.54, 1.807) is 27.7 Å². The summed E-state index contributed by atoms with van der Waals surface area (Å²) in [6.07, 6.45) is 0.341. The molecule has 4 radical (unpaired) electrons. The van der Waals surface area contributed by atoms with Crippen LogP contribution in [0.4, 0.5) is 0 Å². The zero-order chi connectivity index (χ0) is 29.0. The van der Waals surface area contributed by atoms with Crippen LogP contribution in [0.1, 0.15) is 69.2 Å². The van der Waals surface area contributed by atoms with Gasteiger partial charge in [0.05, 0.1) is 15.7 Å². The molecule has 0 fully saturated rings. The van der Waals surface area contributed by atoms with Gasteiger partial charge in [-0.05, 0) is 40.1 Å². The van der Waals surface area contributed by atoms with Gasteiger partial charge in [0.15, 0.2) is 4.84 Å². The molecule has 6 nitrogen and oxygen atoms in total. The number of nitrogens with two attached hydrogens (primary N) is 1. The molecule has 41 heavy (non-hydrogen) atoms. The normalized spacial score (nSPS) is 6.17. The van der Waals surface area contributed by atoms with Crippen LogP contribution in [0, 0.1) is 57.4 Å². The van der Waals surface area contributed by atoms with Crippen molar-refractivity contribution in [2.75, 3.05) is 6.44 Å². The Labute approximate surface area is 368 Å². The average Bonchev–Trinajstić information content (AvgIpc) is 2.78. The maximum absolute atomic E-state index is 10.6. The Morgan fingerprint density at radius 1 is 0.732 bits per heavy atom. The molecule has 4 N–H and O–H groups in total. The van der Waals surface area contributed by atoms with E-state index in [2.05, 4.69) is 55.1 Å². The summed E-state index contributed by atoms with van der Waals surface area (Å²) in [6.45, 7) is 31.4. The van der Waals surface area contributed by atoms with Crippen LogP contribution in [-0.2, 0) is 22.0 Å². The number of rotatable bonds is 5. The summed E-state index contributed by atoms with van der Waals surface area (Å²) in [7, 11) is 9.77. The van der Waals surface area contributed by atoms with Crippen molar-refractivity contribution in [3.05, 3.63) is 57.4 Å². The van der Waals surface area contributed by atoms with Gasteiger partial charge in [-0.1, -0.05) is 37.0 Å². The molecule has 0 bridgehead atoms. The first-order valence-electron chi connectivity index (χ1n) is 10.5. The van der Waals surface area contributed by atoms with Crippen LogP contribution in [0.15, 0.2) is 4.36 Å². The first kappa shape index (κ1) is 104. The summed E-state index contributed by atoms with van der Waals surface area (Å²) in [5.41, 5.74) is 5.11. The minimum atomic E-state index is -0.951. The molecule has 0 saturated heterocycles. The third-order valence-corrected chi connectivity index (χ3v) is 1.88. The molecule has 0 aliphatic heterocycles. The number of carbonyl (C=O) groups excluding carboxylic acids is 2. The van der Waals surface area contributed by atoms with Gasteiger partial charge in [0, 0.05) is 31.0 Å². The monoisotopic (exact) mass is 678 g/mol. The Balaban J connectivity index is -0.0000000130. The molecule has 232 valence electrons. The molecule has 0 aromatic rings. The van der Waals surface area contributed by atoms with Crippen molar-refractivity contribution in [3.8, 4) is 0 Å². The summed E-state index contributed by atoms with van der Waals surface area (Å²) >= 11 is 14.5. The second kappa shape index (κ2) is 112. The van der Waals surface area contributed by atoms with Crippen LogP contribution < -0.4 is 135 Å². The van der Waals surface area contributed by atoms with Gasteiger partial charge in [0.2, 0.25) is 5.91 Å². The van der Waals surface area contributed by atoms with E-state index in [4.69, 9.17) is 44.6 Å². The molecule has 0 aromatic carbocycles. The minimum Gasteiger partial charge on any atom is -0.358 e. The second-order valence-electron chi connectivity index (χ2n) is 5.45. The standard InChI is InChI=1S/C5H10BNO.C5H9Cl2NO.C3H9N.4C2H5.CH2BNS.4CH3.4Na/c1-4(2)7-5(8)3-6;1-3(2)8-5(9)4(6)7;1-3(2)4;4*1-2;2-1-3-4;;;;;;;;/h4H,3H2,1-2H3,(H,7,8);3-4H,1-2H3,(H,8,9);3H,4H2,1-2H3;4*1H2,2H3;1H2;4*1H3;;;;/q;;;4*-1;;4*-1;4*+1. The first-order chi connectivity index (χ1) is 15.3. The van der Waals surface area contributed by atoms with Gasteiger partial charge in [-0.3, -0.25) is 9.59 Å². The molecule has 0 aliphatic carbocycles. The summed E-state index contributed by atoms with van der Waals surface area (Å²) in [6, 6.07) is 0.628. The van der Waals surface area contributed by atoms with E-state index in [1.165, 1.54) is 0 Å². The Kier molecular flexibility index (Phi) is 283. The van der Waals surface area contributed by atoms with Crippen molar-refractivity contribution in [3.63, 3.8) is 0 Å². The number of carbonyl (C=O) groups is 2. The smallest absolute Gasteiger partial charge is 0.358 e. The molecule has 0 saturated carbocycles. The summed E-state index contributed by atoms with van der Waals surface area (Å²) < 4.78 is 3.10. The Morgan fingerprint density at radius 3 is 0.976 bits per heavy atom. The largest absolute Gasteiger partial charge is 1.00 e. The number of alkyl halides is 2. The Morgan fingerprint density at radius 2 is 0.927 bits per heavy atom. The summed E-state index contributed by atoms with van der Waals surface area (Å²) in [5.74, 6) is -0.437. The number of nitrogens with one attached hydrogen (secondary N) is 2. The van der Waals surface area contributed by atoms with Crippen molar-refractivity contribution in [1.82, 2.24) is 10.6 Å². The number of hydrogen-bond acceptors (Lipinski definition) is 5. The molecule has 0 heterocycles. The summed E-state index contributed by atoms with van der Waals surface area (Å²) in [5, 5.41) is 5.17. The van der Waals surface area contributed by atoms with Crippen molar-refractivity contribution >= 4 is 63.1 Å². The first-order valence-corrected chi connectivity index (χ1v) is 11.7. The molecule has 0 unspecified atom stereocenters. The fourth-order valence-corrected chi connectivity index (χ4v) is 0.854. The van der Waals surface area contributed by atoms with Crippen molar-refractivity contribution in [1.29, 1.82) is 0 Å². The molecule has 0 aliphatic rings. The number of amides is 2. The van der Waals surface area contributed by atoms with Crippen LogP contribution in [0.3, 0.4) is 0 Å². The molecule has 15 heteroatoms. The fourth-order valence-electron chi connectivity index (χ4n) is 0.728. The van der Waals surface area contributed by atoms with Crippen LogP contribution >= 0.6 is 23.2 Å². The quantitative estimate of drug-likeness (QED) is 0.154. The molecule has 0 atom stereocenters. The van der Waals surface area contributed by atoms with Crippen LogP contribution in [-0.4, -0.2) is 56.9 Å². The molecule has 0 aromatic heterocycles. The number of hydrogen-bond donors (Lipinski definition) is 3. The van der Waals surface area contributed by atoms with E-state index < -0.39 is 4.84 Å². The molecule has 2 amide bonds. The second-order valence-corrected chi connectivity index (χ2v) is 6.80. The third-order valence-electron chi connectivity index (χ3n) is 1.34. The molecular formula is C26H62B2Cl2N4Na4O2S-4. The Hall–Kier alpha value is 3.63. The van der Waals surface area contributed by atoms with Crippen LogP contribution in [0.2, 0.25) is 6.32 Å². The Bertz CT molecular complexity index is 362. The molecule has 0 spiro atoms. The van der Waals surface area contributed by atoms with E-state index in [1.807, 2.05) is 41.5 Å². The van der Waals surface area contributed by atoms with Gasteiger partial charge in [-0.25, -0.2) is 4.36 Å². The van der Waals surface area contributed by atoms with Crippen molar-refractivity contribution in [2.45, 2.75) is 98.5 Å². The van der Waals surface area contributed by atoms with Gasteiger partial charge in [-0.2, -0.15) is 27.7 Å². The zero-order valence-electron chi connectivity index (χ0n) is 30.7. The van der Waals surface area contributed by atoms with Crippen molar-refractivity contribution in [2.24, 2.45) is 10.1 Å². The zero-order valence-corrected chi connectivity index (χ0v) is 41.0. The SMILES string of the molecule is CC(C)N.CC(C)NC(=O)C(Cl)Cl.[B]CC(=O)NC(C)C.[B]CN=S.[CH2-]C.[CH2-]C.[CH2-]C.[CH2-]C.[CH3-].[CH3-].[CH3-].[CH3-].[Na+].[Na+].[Na+].[Na+]. The fraction of sp³-hybridized carbons (Fsp3) is 0.615. The van der Waals surface area contributed by atoms with Crippen LogP contribution in [0.5, 0.6) is 0 Å². The molecule has 0 rings (SSSR count). The van der Waals surface area contributed by atoms with Crippen molar-refractivity contribution < 1.29 is 128 Å². The van der Waals surface area contributed by atoms with E-state index >= 15 is 0 Å².